The van der Waals surface area contributed by atoms with Crippen molar-refractivity contribution in [2.75, 3.05) is 21.3 Å². The highest BCUT2D eigenvalue weighted by molar-refractivity contribution is 5.98. The normalized spacial score (nSPS) is 15.5. The highest BCUT2D eigenvalue weighted by atomic mass is 16.5. The van der Waals surface area contributed by atoms with Crippen molar-refractivity contribution >= 4 is 11.6 Å². The molecule has 32 heavy (non-hydrogen) atoms. The van der Waals surface area contributed by atoms with Crippen LogP contribution in [0.15, 0.2) is 48.7 Å². The molecule has 8 heteroatoms. The van der Waals surface area contributed by atoms with Crippen LogP contribution in [-0.2, 0) is 6.42 Å². The lowest BCUT2D eigenvalue weighted by molar-refractivity contribution is 0.0962. The zero-order valence-corrected chi connectivity index (χ0v) is 18.0. The fourth-order valence-electron chi connectivity index (χ4n) is 4.09. The van der Waals surface area contributed by atoms with Crippen molar-refractivity contribution < 1.29 is 19.0 Å². The summed E-state index contributed by atoms with van der Waals surface area (Å²) in [5.74, 6) is 3.14. The number of carbonyl (C=O) groups is 1. The molecule has 0 spiro atoms. The molecule has 1 aliphatic carbocycles. The first kappa shape index (κ1) is 20.0. The fourth-order valence-corrected chi connectivity index (χ4v) is 4.09. The quantitative estimate of drug-likeness (QED) is 0.477. The van der Waals surface area contributed by atoms with E-state index in [4.69, 9.17) is 14.2 Å². The van der Waals surface area contributed by atoms with Crippen LogP contribution in [0.2, 0.25) is 0 Å². The molecule has 2 aromatic heterocycles. The average molecular weight is 430 g/mol. The van der Waals surface area contributed by atoms with Gasteiger partial charge < -0.3 is 14.2 Å². The number of Topliss-reactive ketones (excluding diaryl/α,β-unsaturated/α-hetero) is 1. The van der Waals surface area contributed by atoms with Crippen LogP contribution < -0.4 is 14.2 Å². The predicted octanol–water partition coefficient (Wildman–Crippen LogP) is 3.73. The van der Waals surface area contributed by atoms with Crippen LogP contribution >= 0.6 is 0 Å². The lowest BCUT2D eigenvalue weighted by Crippen LogP contribution is -2.21. The van der Waals surface area contributed by atoms with Gasteiger partial charge in [-0.1, -0.05) is 6.07 Å². The average Bonchev–Trinajstić information content (AvgIpc) is 3.25. The van der Waals surface area contributed by atoms with E-state index in [9.17, 15) is 4.79 Å². The van der Waals surface area contributed by atoms with E-state index in [1.54, 1.807) is 32.0 Å². The van der Waals surface area contributed by atoms with Crippen LogP contribution in [0.3, 0.4) is 0 Å². The molecule has 0 bridgehead atoms. The molecular weight excluding hydrogens is 408 g/mol. The number of nitrogens with zero attached hydrogens (tertiary/aromatic N) is 4. The smallest absolute Gasteiger partial charge is 0.252 e. The second-order valence-corrected chi connectivity index (χ2v) is 7.65. The molecule has 8 nitrogen and oxygen atoms in total. The van der Waals surface area contributed by atoms with Crippen LogP contribution in [0.1, 0.15) is 34.0 Å². The van der Waals surface area contributed by atoms with Gasteiger partial charge in [-0.15, -0.1) is 5.10 Å². The zero-order valence-electron chi connectivity index (χ0n) is 18.0. The third-order valence-corrected chi connectivity index (χ3v) is 5.81. The largest absolute Gasteiger partial charge is 0.497 e. The van der Waals surface area contributed by atoms with E-state index >= 15 is 0 Å². The Morgan fingerprint density at radius 1 is 0.906 bits per heavy atom. The maximum Gasteiger partial charge on any atom is 0.252 e. The van der Waals surface area contributed by atoms with Gasteiger partial charge in [-0.25, -0.2) is 9.50 Å². The summed E-state index contributed by atoms with van der Waals surface area (Å²) in [5, 5.41) is 4.52. The van der Waals surface area contributed by atoms with Crippen LogP contribution in [0, 0.1) is 0 Å². The molecule has 162 valence electrons. The van der Waals surface area contributed by atoms with E-state index < -0.39 is 0 Å². The molecule has 0 saturated carbocycles. The number of fused-ring (bicyclic) bond motifs is 2. The minimum Gasteiger partial charge on any atom is -0.497 e. The number of aromatic nitrogens is 4. The lowest BCUT2D eigenvalue weighted by Gasteiger charge is -2.23. The highest BCUT2D eigenvalue weighted by Crippen LogP contribution is 2.36. The summed E-state index contributed by atoms with van der Waals surface area (Å²) in [7, 11) is 4.83. The zero-order chi connectivity index (χ0) is 22.2. The number of hydrogen-bond donors (Lipinski definition) is 0. The minimum atomic E-state index is 0.00809. The van der Waals surface area contributed by atoms with Crippen LogP contribution in [0.5, 0.6) is 17.2 Å². The van der Waals surface area contributed by atoms with Gasteiger partial charge in [0.25, 0.3) is 5.78 Å². The SMILES string of the molecule is COc1ccc(-c2nc3nc4c(cn3n2)C(=O)C[C@H](c2ccc(OC)c(OC)c2)C4)cc1. The molecular formula is C24H22N4O4. The summed E-state index contributed by atoms with van der Waals surface area (Å²) in [6.07, 6.45) is 2.78. The van der Waals surface area contributed by atoms with Crippen LogP contribution in [0.4, 0.5) is 0 Å². The van der Waals surface area contributed by atoms with E-state index in [-0.39, 0.29) is 11.7 Å². The van der Waals surface area contributed by atoms with Gasteiger partial charge in [0.2, 0.25) is 0 Å². The number of hydrogen-bond acceptors (Lipinski definition) is 7. The maximum atomic E-state index is 13.0. The Labute approximate surface area is 184 Å². The molecule has 0 fully saturated rings. The van der Waals surface area contributed by atoms with Gasteiger partial charge >= 0.3 is 0 Å². The van der Waals surface area contributed by atoms with Crippen molar-refractivity contribution in [2.45, 2.75) is 18.8 Å². The van der Waals surface area contributed by atoms with Crippen molar-refractivity contribution in [2.24, 2.45) is 0 Å². The first-order valence-electron chi connectivity index (χ1n) is 10.3. The molecule has 0 saturated heterocycles. The monoisotopic (exact) mass is 430 g/mol. The molecule has 2 heterocycles. The molecule has 1 aliphatic rings. The van der Waals surface area contributed by atoms with Crippen molar-refractivity contribution in [1.82, 2.24) is 19.6 Å². The second-order valence-electron chi connectivity index (χ2n) is 7.65. The summed E-state index contributed by atoms with van der Waals surface area (Å²) < 4.78 is 17.5. The Bertz CT molecular complexity index is 1310. The summed E-state index contributed by atoms with van der Waals surface area (Å²) in [4.78, 5) is 22.2. The Kier molecular flexibility index (Phi) is 4.97. The summed E-state index contributed by atoms with van der Waals surface area (Å²) in [5.41, 5.74) is 3.20. The second kappa shape index (κ2) is 7.96. The highest BCUT2D eigenvalue weighted by Gasteiger charge is 2.29. The molecule has 0 amide bonds. The number of methoxy groups -OCH3 is 3. The van der Waals surface area contributed by atoms with E-state index in [0.29, 0.717) is 41.5 Å². The summed E-state index contributed by atoms with van der Waals surface area (Å²) >= 11 is 0. The van der Waals surface area contributed by atoms with E-state index in [1.807, 2.05) is 42.5 Å². The topological polar surface area (TPSA) is 87.8 Å². The van der Waals surface area contributed by atoms with Crippen LogP contribution in [-0.4, -0.2) is 46.7 Å². The van der Waals surface area contributed by atoms with Crippen molar-refractivity contribution in [3.8, 4) is 28.6 Å². The summed E-state index contributed by atoms with van der Waals surface area (Å²) in [6, 6.07) is 13.3. The third-order valence-electron chi connectivity index (χ3n) is 5.81. The first-order valence-corrected chi connectivity index (χ1v) is 10.3. The molecule has 0 radical (unpaired) electrons. The minimum absolute atomic E-state index is 0.00809. The van der Waals surface area contributed by atoms with Gasteiger partial charge in [-0.05, 0) is 54.3 Å². The van der Waals surface area contributed by atoms with Gasteiger partial charge in [-0.2, -0.15) is 4.98 Å². The Balaban J connectivity index is 1.49. The molecule has 0 N–H and O–H groups in total. The maximum absolute atomic E-state index is 13.0. The molecule has 2 aromatic carbocycles. The predicted molar refractivity (Wildman–Crippen MR) is 118 cm³/mol. The standard InChI is InChI=1S/C24H22N4O4/c1-30-17-7-4-14(5-8-17)23-26-24-25-19-10-16(11-20(29)18(19)13-28(24)27-23)15-6-9-21(31-2)22(12-15)32-3/h4-9,12-13,16H,10-11H2,1-3H3/t16-/m1/s1. The number of carbonyl (C=O) groups excluding carboxylic acids is 1. The van der Waals surface area contributed by atoms with Gasteiger partial charge in [0, 0.05) is 18.2 Å². The first-order chi connectivity index (χ1) is 15.6. The van der Waals surface area contributed by atoms with Crippen molar-refractivity contribution in [3.63, 3.8) is 0 Å². The number of ketones is 1. The van der Waals surface area contributed by atoms with Gasteiger partial charge in [0.05, 0.1) is 32.6 Å². The molecule has 0 unspecified atom stereocenters. The van der Waals surface area contributed by atoms with Crippen LogP contribution in [0.25, 0.3) is 17.2 Å². The molecule has 4 aromatic rings. The number of benzene rings is 2. The van der Waals surface area contributed by atoms with E-state index in [2.05, 4.69) is 15.1 Å². The fraction of sp³-hybridized carbons (Fsp3) is 0.250. The number of ether oxygens (including phenoxy) is 3. The lowest BCUT2D eigenvalue weighted by atomic mass is 9.82. The summed E-state index contributed by atoms with van der Waals surface area (Å²) in [6.45, 7) is 0. The molecule has 1 atom stereocenters. The Morgan fingerprint density at radius 3 is 2.41 bits per heavy atom. The van der Waals surface area contributed by atoms with Crippen molar-refractivity contribution in [1.29, 1.82) is 0 Å². The Hall–Kier alpha value is -3.94. The van der Waals surface area contributed by atoms with E-state index in [1.165, 1.54) is 0 Å². The Morgan fingerprint density at radius 2 is 1.69 bits per heavy atom. The van der Waals surface area contributed by atoms with Crippen molar-refractivity contribution in [3.05, 3.63) is 65.5 Å². The van der Waals surface area contributed by atoms with Gasteiger partial charge in [0.1, 0.15) is 5.75 Å². The van der Waals surface area contributed by atoms with E-state index in [0.717, 1.165) is 22.6 Å². The molecule has 0 aliphatic heterocycles. The van der Waals surface area contributed by atoms with Gasteiger partial charge in [0.15, 0.2) is 23.1 Å². The molecule has 5 rings (SSSR count). The third kappa shape index (κ3) is 3.43. The number of rotatable bonds is 5. The van der Waals surface area contributed by atoms with Gasteiger partial charge in [-0.3, -0.25) is 4.79 Å².